The molecule has 1 aromatic heterocycles. The predicted molar refractivity (Wildman–Crippen MR) is 66.4 cm³/mol. The number of hydrogen-bond donors (Lipinski definition) is 0. The molecule has 0 saturated heterocycles. The van der Waals surface area contributed by atoms with Gasteiger partial charge in [0, 0.05) is 11.0 Å². The summed E-state index contributed by atoms with van der Waals surface area (Å²) in [5.74, 6) is 0. The Hall–Kier alpha value is -0.310. The first-order valence-corrected chi connectivity index (χ1v) is 6.85. The standard InChI is InChI=1S/C12H19BrN2/c1-10(13)6-7-11-8-9-15(14-11)12-4-2-3-5-12/h8-10,12H,2-7H2,1H3. The second-order valence-corrected chi connectivity index (χ2v) is 6.11. The molecule has 1 aliphatic rings. The number of hydrogen-bond acceptors (Lipinski definition) is 1. The molecule has 0 aliphatic heterocycles. The van der Waals surface area contributed by atoms with Gasteiger partial charge in [-0.25, -0.2) is 0 Å². The van der Waals surface area contributed by atoms with E-state index >= 15 is 0 Å². The lowest BCUT2D eigenvalue weighted by atomic mass is 10.2. The van der Waals surface area contributed by atoms with Crippen LogP contribution < -0.4 is 0 Å². The summed E-state index contributed by atoms with van der Waals surface area (Å²) in [6.07, 6.45) is 9.79. The average molecular weight is 271 g/mol. The van der Waals surface area contributed by atoms with E-state index < -0.39 is 0 Å². The Morgan fingerprint density at radius 1 is 1.53 bits per heavy atom. The molecule has 1 heterocycles. The molecule has 0 N–H and O–H groups in total. The van der Waals surface area contributed by atoms with E-state index in [2.05, 4.69) is 44.9 Å². The van der Waals surface area contributed by atoms with Crippen LogP contribution in [-0.2, 0) is 6.42 Å². The van der Waals surface area contributed by atoms with Crippen molar-refractivity contribution in [1.82, 2.24) is 9.78 Å². The number of alkyl halides is 1. The smallest absolute Gasteiger partial charge is 0.0625 e. The van der Waals surface area contributed by atoms with Gasteiger partial charge in [0.1, 0.15) is 0 Å². The fourth-order valence-corrected chi connectivity index (χ4v) is 2.46. The van der Waals surface area contributed by atoms with Crippen molar-refractivity contribution >= 4 is 15.9 Å². The second kappa shape index (κ2) is 5.15. The van der Waals surface area contributed by atoms with E-state index in [-0.39, 0.29) is 0 Å². The maximum Gasteiger partial charge on any atom is 0.0625 e. The zero-order chi connectivity index (χ0) is 10.7. The Balaban J connectivity index is 1.91. The molecule has 2 rings (SSSR count). The zero-order valence-electron chi connectivity index (χ0n) is 9.32. The first-order chi connectivity index (χ1) is 7.25. The lowest BCUT2D eigenvalue weighted by Crippen LogP contribution is -2.06. The highest BCUT2D eigenvalue weighted by Gasteiger charge is 2.17. The Morgan fingerprint density at radius 3 is 2.93 bits per heavy atom. The number of halogens is 1. The molecule has 0 spiro atoms. The quantitative estimate of drug-likeness (QED) is 0.763. The van der Waals surface area contributed by atoms with Crippen molar-refractivity contribution in [2.45, 2.75) is 56.3 Å². The molecule has 0 bridgehead atoms. The minimum absolute atomic E-state index is 0.592. The summed E-state index contributed by atoms with van der Waals surface area (Å²) < 4.78 is 2.18. The van der Waals surface area contributed by atoms with Crippen molar-refractivity contribution in [3.8, 4) is 0 Å². The van der Waals surface area contributed by atoms with Crippen molar-refractivity contribution in [2.24, 2.45) is 0 Å². The minimum atomic E-state index is 0.592. The van der Waals surface area contributed by atoms with Gasteiger partial charge in [-0.1, -0.05) is 35.7 Å². The molecular formula is C12H19BrN2. The molecule has 1 unspecified atom stereocenters. The largest absolute Gasteiger partial charge is 0.269 e. The van der Waals surface area contributed by atoms with Crippen molar-refractivity contribution in [3.05, 3.63) is 18.0 Å². The Bertz CT molecular complexity index is 300. The lowest BCUT2D eigenvalue weighted by Gasteiger charge is -2.08. The fraction of sp³-hybridized carbons (Fsp3) is 0.750. The highest BCUT2D eigenvalue weighted by molar-refractivity contribution is 9.09. The van der Waals surface area contributed by atoms with E-state index in [1.54, 1.807) is 0 Å². The van der Waals surface area contributed by atoms with Gasteiger partial charge in [0.25, 0.3) is 0 Å². The molecular weight excluding hydrogens is 252 g/mol. The molecule has 84 valence electrons. The predicted octanol–water partition coefficient (Wildman–Crippen LogP) is 3.71. The van der Waals surface area contributed by atoms with Crippen LogP contribution in [-0.4, -0.2) is 14.6 Å². The van der Waals surface area contributed by atoms with Crippen LogP contribution in [0.2, 0.25) is 0 Å². The molecule has 3 heteroatoms. The molecule has 0 radical (unpaired) electrons. The number of aryl methyl sites for hydroxylation is 1. The third-order valence-corrected chi connectivity index (χ3v) is 3.62. The number of rotatable bonds is 4. The Morgan fingerprint density at radius 2 is 2.27 bits per heavy atom. The summed E-state index contributed by atoms with van der Waals surface area (Å²) >= 11 is 3.57. The topological polar surface area (TPSA) is 17.8 Å². The minimum Gasteiger partial charge on any atom is -0.269 e. The van der Waals surface area contributed by atoms with Crippen molar-refractivity contribution in [1.29, 1.82) is 0 Å². The third-order valence-electron chi connectivity index (χ3n) is 3.16. The lowest BCUT2D eigenvalue weighted by molar-refractivity contribution is 0.462. The van der Waals surface area contributed by atoms with Crippen LogP contribution in [0.3, 0.4) is 0 Å². The van der Waals surface area contributed by atoms with Crippen LogP contribution >= 0.6 is 15.9 Å². The van der Waals surface area contributed by atoms with Crippen LogP contribution in [0.15, 0.2) is 12.3 Å². The molecule has 1 saturated carbocycles. The van der Waals surface area contributed by atoms with Gasteiger partial charge in [-0.2, -0.15) is 5.10 Å². The Labute approximate surface area is 100 Å². The van der Waals surface area contributed by atoms with Gasteiger partial charge in [-0.05, 0) is 31.7 Å². The van der Waals surface area contributed by atoms with Crippen LogP contribution in [0, 0.1) is 0 Å². The van der Waals surface area contributed by atoms with E-state index in [0.717, 1.165) is 6.42 Å². The molecule has 15 heavy (non-hydrogen) atoms. The van der Waals surface area contributed by atoms with E-state index in [1.807, 2.05) is 0 Å². The normalized spacial score (nSPS) is 19.6. The van der Waals surface area contributed by atoms with Gasteiger partial charge >= 0.3 is 0 Å². The summed E-state index contributed by atoms with van der Waals surface area (Å²) in [6, 6.07) is 2.85. The van der Waals surface area contributed by atoms with Crippen LogP contribution in [0.4, 0.5) is 0 Å². The SMILES string of the molecule is CC(Br)CCc1ccn(C2CCCC2)n1. The summed E-state index contributed by atoms with van der Waals surface area (Å²) in [5.41, 5.74) is 1.24. The fourth-order valence-electron chi connectivity index (χ4n) is 2.23. The van der Waals surface area contributed by atoms with Crippen molar-refractivity contribution in [3.63, 3.8) is 0 Å². The maximum absolute atomic E-state index is 4.66. The van der Waals surface area contributed by atoms with Gasteiger partial charge in [0.2, 0.25) is 0 Å². The van der Waals surface area contributed by atoms with Crippen LogP contribution in [0.25, 0.3) is 0 Å². The highest BCUT2D eigenvalue weighted by atomic mass is 79.9. The van der Waals surface area contributed by atoms with Gasteiger partial charge in [-0.3, -0.25) is 4.68 Å². The average Bonchev–Trinajstić information content (AvgIpc) is 2.85. The number of nitrogens with zero attached hydrogens (tertiary/aromatic N) is 2. The summed E-state index contributed by atoms with van der Waals surface area (Å²) in [5, 5.41) is 4.66. The van der Waals surface area contributed by atoms with Crippen LogP contribution in [0.5, 0.6) is 0 Å². The second-order valence-electron chi connectivity index (χ2n) is 4.54. The third kappa shape index (κ3) is 3.07. The summed E-state index contributed by atoms with van der Waals surface area (Å²) in [7, 11) is 0. The van der Waals surface area contributed by atoms with Crippen molar-refractivity contribution in [2.75, 3.05) is 0 Å². The van der Waals surface area contributed by atoms with Gasteiger partial charge in [-0.15, -0.1) is 0 Å². The van der Waals surface area contributed by atoms with E-state index in [9.17, 15) is 0 Å². The first kappa shape index (κ1) is 11.2. The molecule has 1 aromatic rings. The molecule has 2 nitrogen and oxygen atoms in total. The van der Waals surface area contributed by atoms with Crippen LogP contribution in [0.1, 0.15) is 50.8 Å². The summed E-state index contributed by atoms with van der Waals surface area (Å²) in [6.45, 7) is 2.19. The van der Waals surface area contributed by atoms with E-state index in [0.29, 0.717) is 10.9 Å². The first-order valence-electron chi connectivity index (χ1n) is 5.94. The molecule has 0 amide bonds. The highest BCUT2D eigenvalue weighted by Crippen LogP contribution is 2.28. The van der Waals surface area contributed by atoms with E-state index in [4.69, 9.17) is 0 Å². The molecule has 0 aromatic carbocycles. The zero-order valence-corrected chi connectivity index (χ0v) is 10.9. The molecule has 1 aliphatic carbocycles. The summed E-state index contributed by atoms with van der Waals surface area (Å²) in [4.78, 5) is 0.592. The number of aromatic nitrogens is 2. The molecule has 1 atom stereocenters. The maximum atomic E-state index is 4.66. The monoisotopic (exact) mass is 270 g/mol. The molecule has 1 fully saturated rings. The van der Waals surface area contributed by atoms with Gasteiger partial charge in [0.05, 0.1) is 11.7 Å². The van der Waals surface area contributed by atoms with Gasteiger partial charge in [0.15, 0.2) is 0 Å². The van der Waals surface area contributed by atoms with E-state index in [1.165, 1.54) is 37.8 Å². The van der Waals surface area contributed by atoms with Gasteiger partial charge < -0.3 is 0 Å². The Kier molecular flexibility index (Phi) is 3.84. The van der Waals surface area contributed by atoms with Crippen molar-refractivity contribution < 1.29 is 0 Å².